The normalized spacial score (nSPS) is 20.3. The molecule has 1 unspecified atom stereocenters. The van der Waals surface area contributed by atoms with E-state index in [1.807, 2.05) is 6.07 Å². The molecule has 3 aromatic rings. The van der Waals surface area contributed by atoms with Crippen LogP contribution in [0.15, 0.2) is 60.3 Å². The van der Waals surface area contributed by atoms with Gasteiger partial charge in [0.15, 0.2) is 0 Å². The van der Waals surface area contributed by atoms with Crippen LogP contribution in [0.1, 0.15) is 28.4 Å². The smallest absolute Gasteiger partial charge is 0.134 e. The lowest BCUT2D eigenvalue weighted by Gasteiger charge is -2.13. The number of fused-ring (bicyclic) bond motifs is 4. The van der Waals surface area contributed by atoms with E-state index in [-0.39, 0.29) is 28.0 Å². The summed E-state index contributed by atoms with van der Waals surface area (Å²) in [5.41, 5.74) is 3.32. The van der Waals surface area contributed by atoms with Gasteiger partial charge in [-0.3, -0.25) is 4.98 Å². The Morgan fingerprint density at radius 1 is 1.07 bits per heavy atom. The van der Waals surface area contributed by atoms with Crippen LogP contribution >= 0.6 is 0 Å². The predicted molar refractivity (Wildman–Crippen MR) is 102 cm³/mol. The Balaban J connectivity index is 1.93. The Bertz CT molecular complexity index is 1320. The number of hydrogen-bond acceptors (Lipinski definition) is 4. The van der Waals surface area contributed by atoms with E-state index in [0.717, 1.165) is 18.2 Å². The molecule has 2 aliphatic carbocycles. The lowest BCUT2D eigenvalue weighted by atomic mass is 9.92. The largest absolute Gasteiger partial charge is 0.507 e. The monoisotopic (exact) mass is 386 g/mol. The van der Waals surface area contributed by atoms with Gasteiger partial charge in [0.2, 0.25) is 0 Å². The van der Waals surface area contributed by atoms with Crippen molar-refractivity contribution in [2.75, 3.05) is 0 Å². The maximum atomic E-state index is 14.6. The lowest BCUT2D eigenvalue weighted by molar-refractivity contribution is 0.225. The van der Waals surface area contributed by atoms with E-state index in [1.165, 1.54) is 6.07 Å². The number of allylic oxidation sites excluding steroid dienone is 1. The fourth-order valence-electron chi connectivity index (χ4n) is 4.26. The van der Waals surface area contributed by atoms with Gasteiger partial charge in [-0.1, -0.05) is 18.2 Å². The average Bonchev–Trinajstić information content (AvgIpc) is 3.16. The highest BCUT2D eigenvalue weighted by molar-refractivity contribution is 6.09. The van der Waals surface area contributed by atoms with Gasteiger partial charge in [-0.2, -0.15) is 5.26 Å². The molecule has 5 rings (SSSR count). The number of phenols is 1. The maximum absolute atomic E-state index is 14.6. The first kappa shape index (κ1) is 17.3. The third-order valence-corrected chi connectivity index (χ3v) is 5.32. The highest BCUT2D eigenvalue weighted by Crippen LogP contribution is 2.55. The minimum Gasteiger partial charge on any atom is -0.507 e. The molecule has 0 saturated carbocycles. The van der Waals surface area contributed by atoms with Crippen LogP contribution in [0.5, 0.6) is 5.75 Å². The number of rotatable bonds is 0. The zero-order valence-electron chi connectivity index (χ0n) is 14.8. The molecule has 6 heteroatoms. The fraction of sp³-hybridized carbons (Fsp3) is 0.0435. The first-order chi connectivity index (χ1) is 14.0. The quantitative estimate of drug-likeness (QED) is 0.436. The van der Waals surface area contributed by atoms with Crippen LogP contribution < -0.4 is 0 Å². The van der Waals surface area contributed by atoms with Gasteiger partial charge in [-0.15, -0.1) is 0 Å². The zero-order chi connectivity index (χ0) is 20.3. The molecular weight excluding hydrogens is 374 g/mol. The van der Waals surface area contributed by atoms with Crippen molar-refractivity contribution in [1.82, 2.24) is 4.98 Å². The number of nitrogens with zero attached hydrogens (tertiary/aromatic N) is 2. The molecule has 0 spiro atoms. The summed E-state index contributed by atoms with van der Waals surface area (Å²) in [4.78, 5) is 4.37. The molecule has 1 heterocycles. The number of aliphatic hydroxyl groups excluding tert-OH is 1. The van der Waals surface area contributed by atoms with Crippen molar-refractivity contribution < 1.29 is 19.0 Å². The standard InChI is InChI=1S/C23H12F2N2O2/c24-11-9-15-18(16(25)10-11)13(6-7-26)21(23(15)29)19-12-3-1-5-17(28)20(12)22-14(19)4-2-8-27-22/h1-6,8-10,23,28-29H/b13-6?,21-19-. The first-order valence-electron chi connectivity index (χ1n) is 8.82. The van der Waals surface area contributed by atoms with E-state index in [2.05, 4.69) is 4.98 Å². The molecule has 2 aromatic carbocycles. The molecule has 0 bridgehead atoms. The Morgan fingerprint density at radius 3 is 2.66 bits per heavy atom. The van der Waals surface area contributed by atoms with Crippen LogP contribution in [0.4, 0.5) is 8.78 Å². The molecule has 140 valence electrons. The maximum Gasteiger partial charge on any atom is 0.134 e. The van der Waals surface area contributed by atoms with E-state index < -0.39 is 17.7 Å². The summed E-state index contributed by atoms with van der Waals surface area (Å²) in [7, 11) is 0. The summed E-state index contributed by atoms with van der Waals surface area (Å²) in [6, 6.07) is 12.1. The van der Waals surface area contributed by atoms with Crippen molar-refractivity contribution in [2.24, 2.45) is 0 Å². The summed E-state index contributed by atoms with van der Waals surface area (Å²) in [6.07, 6.45) is 1.39. The van der Waals surface area contributed by atoms with Gasteiger partial charge < -0.3 is 10.2 Å². The molecule has 29 heavy (non-hydrogen) atoms. The van der Waals surface area contributed by atoms with Crippen LogP contribution in [0, 0.1) is 23.0 Å². The fourth-order valence-corrected chi connectivity index (χ4v) is 4.26. The Kier molecular flexibility index (Phi) is 3.63. The first-order valence-corrected chi connectivity index (χ1v) is 8.82. The van der Waals surface area contributed by atoms with Gasteiger partial charge in [0.1, 0.15) is 23.5 Å². The SMILES string of the molecule is N#CC=C1/C(=C2/c3cccnc3-c3c(O)cccc32)C(O)c2cc(F)cc(F)c21. The van der Waals surface area contributed by atoms with Crippen LogP contribution in [-0.4, -0.2) is 15.2 Å². The van der Waals surface area contributed by atoms with E-state index in [9.17, 15) is 24.3 Å². The van der Waals surface area contributed by atoms with Gasteiger partial charge >= 0.3 is 0 Å². The second kappa shape index (κ2) is 6.09. The molecule has 0 saturated heterocycles. The zero-order valence-corrected chi connectivity index (χ0v) is 14.8. The van der Waals surface area contributed by atoms with E-state index in [1.54, 1.807) is 30.5 Å². The molecular formula is C23H12F2N2O2. The number of pyridine rings is 1. The minimum absolute atomic E-state index is 0.00185. The van der Waals surface area contributed by atoms with Crippen molar-refractivity contribution in [3.8, 4) is 23.1 Å². The van der Waals surface area contributed by atoms with Crippen LogP contribution in [0.2, 0.25) is 0 Å². The number of phenolic OH excluding ortho intramolecular Hbond substituents is 1. The number of benzene rings is 2. The summed E-state index contributed by atoms with van der Waals surface area (Å²) in [5, 5.41) is 30.8. The predicted octanol–water partition coefficient (Wildman–Crippen LogP) is 4.50. The number of aromatic nitrogens is 1. The molecule has 0 aliphatic heterocycles. The molecule has 0 fully saturated rings. The van der Waals surface area contributed by atoms with Crippen molar-refractivity contribution >= 4 is 11.1 Å². The van der Waals surface area contributed by atoms with Crippen molar-refractivity contribution in [3.63, 3.8) is 0 Å². The molecule has 4 nitrogen and oxygen atoms in total. The molecule has 2 aliphatic rings. The summed E-state index contributed by atoms with van der Waals surface area (Å²) < 4.78 is 28.5. The summed E-state index contributed by atoms with van der Waals surface area (Å²) in [6.45, 7) is 0. The topological polar surface area (TPSA) is 77.1 Å². The average molecular weight is 386 g/mol. The molecule has 0 radical (unpaired) electrons. The van der Waals surface area contributed by atoms with Crippen LogP contribution in [0.3, 0.4) is 0 Å². The molecule has 0 amide bonds. The van der Waals surface area contributed by atoms with E-state index in [0.29, 0.717) is 28.0 Å². The summed E-state index contributed by atoms with van der Waals surface area (Å²) >= 11 is 0. The highest BCUT2D eigenvalue weighted by Gasteiger charge is 2.39. The van der Waals surface area contributed by atoms with Crippen LogP contribution in [0.25, 0.3) is 22.4 Å². The van der Waals surface area contributed by atoms with Crippen molar-refractivity contribution in [1.29, 1.82) is 5.26 Å². The van der Waals surface area contributed by atoms with Gasteiger partial charge in [0, 0.05) is 40.6 Å². The highest BCUT2D eigenvalue weighted by atomic mass is 19.1. The second-order valence-electron chi connectivity index (χ2n) is 6.83. The van der Waals surface area contributed by atoms with Gasteiger partial charge in [0.05, 0.1) is 17.3 Å². The van der Waals surface area contributed by atoms with Gasteiger partial charge in [-0.05, 0) is 34.9 Å². The third-order valence-electron chi connectivity index (χ3n) is 5.32. The number of nitriles is 1. The van der Waals surface area contributed by atoms with Crippen molar-refractivity contribution in [2.45, 2.75) is 6.10 Å². The summed E-state index contributed by atoms with van der Waals surface area (Å²) in [5.74, 6) is -1.64. The minimum atomic E-state index is -1.34. The lowest BCUT2D eigenvalue weighted by Crippen LogP contribution is -1.99. The molecule has 2 N–H and O–H groups in total. The van der Waals surface area contributed by atoms with E-state index in [4.69, 9.17) is 0 Å². The van der Waals surface area contributed by atoms with Gasteiger partial charge in [-0.25, -0.2) is 8.78 Å². The van der Waals surface area contributed by atoms with Gasteiger partial charge in [0.25, 0.3) is 0 Å². The molecule has 1 atom stereocenters. The van der Waals surface area contributed by atoms with Crippen molar-refractivity contribution in [3.05, 3.63) is 94.2 Å². The van der Waals surface area contributed by atoms with Crippen LogP contribution in [-0.2, 0) is 0 Å². The number of aliphatic hydroxyl groups is 1. The Labute approximate surface area is 164 Å². The molecule has 1 aromatic heterocycles. The second-order valence-corrected chi connectivity index (χ2v) is 6.83. The Hall–Kier alpha value is -3.82. The number of halogens is 2. The number of hydrogen-bond donors (Lipinski definition) is 2. The Morgan fingerprint density at radius 2 is 1.86 bits per heavy atom. The van der Waals surface area contributed by atoms with E-state index >= 15 is 0 Å². The third kappa shape index (κ3) is 2.28. The number of aromatic hydroxyl groups is 1.